The lowest BCUT2D eigenvalue weighted by atomic mass is 10.0. The second-order valence-corrected chi connectivity index (χ2v) is 5.79. The van der Waals surface area contributed by atoms with E-state index in [-0.39, 0.29) is 11.8 Å². The monoisotopic (exact) mass is 279 g/mol. The normalized spacial score (nSPS) is 22.5. The highest BCUT2D eigenvalue weighted by Crippen LogP contribution is 2.26. The van der Waals surface area contributed by atoms with Gasteiger partial charge in [-0.2, -0.15) is 0 Å². The first-order valence-corrected chi connectivity index (χ1v) is 7.28. The van der Waals surface area contributed by atoms with Crippen LogP contribution in [0.5, 0.6) is 0 Å². The summed E-state index contributed by atoms with van der Waals surface area (Å²) in [5.74, 6) is -0.669. The van der Waals surface area contributed by atoms with E-state index in [2.05, 4.69) is 0 Å². The molecule has 0 aromatic heterocycles. The second-order valence-electron chi connectivity index (χ2n) is 4.74. The Kier molecular flexibility index (Phi) is 4.47. The smallest absolute Gasteiger partial charge is 0.326 e. The summed E-state index contributed by atoms with van der Waals surface area (Å²) in [4.78, 5) is 25.8. The molecule has 1 heterocycles. The van der Waals surface area contributed by atoms with Crippen LogP contribution in [0.2, 0.25) is 0 Å². The number of amides is 1. The molecule has 2 rings (SSSR count). The molecular formula is C14H17NO3S. The third kappa shape index (κ3) is 3.29. The fourth-order valence-electron chi connectivity index (χ4n) is 2.35. The molecule has 1 amide bonds. The lowest BCUT2D eigenvalue weighted by molar-refractivity contribution is -0.148. The minimum atomic E-state index is -0.900. The predicted molar refractivity (Wildman–Crippen MR) is 74.1 cm³/mol. The molecule has 1 N–H and O–H groups in total. The summed E-state index contributed by atoms with van der Waals surface area (Å²) >= 11 is 1.45. The summed E-state index contributed by atoms with van der Waals surface area (Å²) in [5.41, 5.74) is 0. The van der Waals surface area contributed by atoms with Gasteiger partial charge < -0.3 is 10.0 Å². The number of likely N-dealkylation sites (tertiary alicyclic amines) is 1. The molecular weight excluding hydrogens is 262 g/mol. The maximum absolute atomic E-state index is 12.1. The van der Waals surface area contributed by atoms with Gasteiger partial charge in [-0.25, -0.2) is 4.79 Å². The highest BCUT2D eigenvalue weighted by Gasteiger charge is 2.39. The van der Waals surface area contributed by atoms with Crippen molar-refractivity contribution in [1.82, 2.24) is 4.90 Å². The van der Waals surface area contributed by atoms with Crippen LogP contribution >= 0.6 is 11.8 Å². The zero-order valence-electron chi connectivity index (χ0n) is 10.8. The van der Waals surface area contributed by atoms with Crippen LogP contribution in [0.1, 0.15) is 13.3 Å². The van der Waals surface area contributed by atoms with Gasteiger partial charge in [-0.15, -0.1) is 11.8 Å². The third-order valence-corrected chi connectivity index (χ3v) is 4.38. The Bertz CT molecular complexity index is 463. The van der Waals surface area contributed by atoms with Crippen molar-refractivity contribution in [2.75, 3.05) is 12.3 Å². The van der Waals surface area contributed by atoms with Gasteiger partial charge in [-0.1, -0.05) is 25.1 Å². The van der Waals surface area contributed by atoms with Crippen molar-refractivity contribution >= 4 is 23.6 Å². The summed E-state index contributed by atoms with van der Waals surface area (Å²) in [6.45, 7) is 2.43. The summed E-state index contributed by atoms with van der Waals surface area (Å²) in [6, 6.07) is 8.99. The van der Waals surface area contributed by atoms with E-state index in [0.29, 0.717) is 12.3 Å². The van der Waals surface area contributed by atoms with Crippen molar-refractivity contribution in [3.05, 3.63) is 30.3 Å². The van der Waals surface area contributed by atoms with Crippen molar-refractivity contribution in [2.24, 2.45) is 5.92 Å². The van der Waals surface area contributed by atoms with Gasteiger partial charge in [-0.05, 0) is 24.5 Å². The first-order chi connectivity index (χ1) is 9.09. The molecule has 4 nitrogen and oxygen atoms in total. The average molecular weight is 279 g/mol. The van der Waals surface area contributed by atoms with Gasteiger partial charge in [0.1, 0.15) is 6.04 Å². The van der Waals surface area contributed by atoms with E-state index in [1.54, 1.807) is 0 Å². The van der Waals surface area contributed by atoms with Crippen molar-refractivity contribution in [2.45, 2.75) is 24.3 Å². The summed E-state index contributed by atoms with van der Waals surface area (Å²) in [6.07, 6.45) is 0.763. The number of rotatable bonds is 4. The molecule has 2 atom stereocenters. The topological polar surface area (TPSA) is 57.6 Å². The van der Waals surface area contributed by atoms with Gasteiger partial charge in [0.2, 0.25) is 5.91 Å². The molecule has 1 aromatic rings. The van der Waals surface area contributed by atoms with Gasteiger partial charge in [0.05, 0.1) is 5.75 Å². The molecule has 102 valence electrons. The van der Waals surface area contributed by atoms with Crippen molar-refractivity contribution in [3.63, 3.8) is 0 Å². The number of benzene rings is 1. The number of thioether (sulfide) groups is 1. The van der Waals surface area contributed by atoms with Crippen LogP contribution < -0.4 is 0 Å². The second kappa shape index (κ2) is 6.10. The summed E-state index contributed by atoms with van der Waals surface area (Å²) in [7, 11) is 0. The Labute approximate surface area is 116 Å². The van der Waals surface area contributed by atoms with E-state index in [4.69, 9.17) is 0 Å². The van der Waals surface area contributed by atoms with E-state index in [0.717, 1.165) is 11.3 Å². The summed E-state index contributed by atoms with van der Waals surface area (Å²) < 4.78 is 0. The molecule has 1 aliphatic rings. The SMILES string of the molecule is CC1CCN(C(=O)CSc2ccccc2)C1C(=O)O. The average Bonchev–Trinajstić information content (AvgIpc) is 2.79. The van der Waals surface area contributed by atoms with E-state index < -0.39 is 12.0 Å². The lowest BCUT2D eigenvalue weighted by Gasteiger charge is -2.23. The van der Waals surface area contributed by atoms with Gasteiger partial charge >= 0.3 is 5.97 Å². The van der Waals surface area contributed by atoms with Crippen LogP contribution in [0.25, 0.3) is 0 Å². The molecule has 0 bridgehead atoms. The van der Waals surface area contributed by atoms with E-state index in [9.17, 15) is 14.7 Å². The van der Waals surface area contributed by atoms with Crippen LogP contribution in [-0.2, 0) is 9.59 Å². The van der Waals surface area contributed by atoms with Crippen molar-refractivity contribution < 1.29 is 14.7 Å². The highest BCUT2D eigenvalue weighted by molar-refractivity contribution is 8.00. The first kappa shape index (κ1) is 13.9. The number of carbonyl (C=O) groups excluding carboxylic acids is 1. The maximum atomic E-state index is 12.1. The molecule has 1 saturated heterocycles. The number of nitrogens with zero attached hydrogens (tertiary/aromatic N) is 1. The Hall–Kier alpha value is -1.49. The summed E-state index contributed by atoms with van der Waals surface area (Å²) in [5, 5.41) is 9.19. The zero-order valence-corrected chi connectivity index (χ0v) is 11.6. The Morgan fingerprint density at radius 1 is 1.37 bits per heavy atom. The zero-order chi connectivity index (χ0) is 13.8. The van der Waals surface area contributed by atoms with E-state index in [1.165, 1.54) is 16.7 Å². The molecule has 1 aromatic carbocycles. The fraction of sp³-hybridized carbons (Fsp3) is 0.429. The Morgan fingerprint density at radius 2 is 2.05 bits per heavy atom. The van der Waals surface area contributed by atoms with Crippen LogP contribution in [-0.4, -0.2) is 40.2 Å². The number of hydrogen-bond donors (Lipinski definition) is 1. The van der Waals surface area contributed by atoms with Crippen LogP contribution in [0.4, 0.5) is 0 Å². The standard InChI is InChI=1S/C14H17NO3S/c1-10-7-8-15(13(10)14(17)18)12(16)9-19-11-5-3-2-4-6-11/h2-6,10,13H,7-9H2,1H3,(H,17,18). The van der Waals surface area contributed by atoms with Crippen molar-refractivity contribution in [1.29, 1.82) is 0 Å². The minimum absolute atomic E-state index is 0.0307. The van der Waals surface area contributed by atoms with E-state index >= 15 is 0 Å². The van der Waals surface area contributed by atoms with Crippen LogP contribution in [0, 0.1) is 5.92 Å². The van der Waals surface area contributed by atoms with Gasteiger partial charge in [0.15, 0.2) is 0 Å². The number of carboxylic acids is 1. The molecule has 1 fully saturated rings. The lowest BCUT2D eigenvalue weighted by Crippen LogP contribution is -2.43. The number of aliphatic carboxylic acids is 1. The van der Waals surface area contributed by atoms with Crippen LogP contribution in [0.15, 0.2) is 35.2 Å². The van der Waals surface area contributed by atoms with Crippen LogP contribution in [0.3, 0.4) is 0 Å². The van der Waals surface area contributed by atoms with Gasteiger partial charge in [0.25, 0.3) is 0 Å². The molecule has 0 radical (unpaired) electrons. The molecule has 5 heteroatoms. The molecule has 2 unspecified atom stereocenters. The number of carbonyl (C=O) groups is 2. The Balaban J connectivity index is 1.95. The molecule has 1 aliphatic heterocycles. The highest BCUT2D eigenvalue weighted by atomic mass is 32.2. The Morgan fingerprint density at radius 3 is 2.68 bits per heavy atom. The predicted octanol–water partition coefficient (Wildman–Crippen LogP) is 2.10. The van der Waals surface area contributed by atoms with Gasteiger partial charge in [0, 0.05) is 11.4 Å². The van der Waals surface area contributed by atoms with Gasteiger partial charge in [-0.3, -0.25) is 4.79 Å². The first-order valence-electron chi connectivity index (χ1n) is 6.29. The number of carboxylic acid groups (broad SMARTS) is 1. The third-order valence-electron chi connectivity index (χ3n) is 3.38. The largest absolute Gasteiger partial charge is 0.480 e. The van der Waals surface area contributed by atoms with Crippen molar-refractivity contribution in [3.8, 4) is 0 Å². The number of hydrogen-bond acceptors (Lipinski definition) is 3. The maximum Gasteiger partial charge on any atom is 0.326 e. The fourth-order valence-corrected chi connectivity index (χ4v) is 3.15. The molecule has 19 heavy (non-hydrogen) atoms. The van der Waals surface area contributed by atoms with E-state index in [1.807, 2.05) is 37.3 Å². The quantitative estimate of drug-likeness (QED) is 0.858. The molecule has 0 saturated carbocycles. The minimum Gasteiger partial charge on any atom is -0.480 e. The molecule has 0 spiro atoms. The molecule has 0 aliphatic carbocycles.